The van der Waals surface area contributed by atoms with E-state index in [-0.39, 0.29) is 11.2 Å². The lowest BCUT2D eigenvalue weighted by molar-refractivity contribution is -0.384. The van der Waals surface area contributed by atoms with Crippen LogP contribution in [-0.2, 0) is 11.3 Å². The van der Waals surface area contributed by atoms with Crippen molar-refractivity contribution in [3.63, 3.8) is 0 Å². The number of rotatable bonds is 4. The maximum atomic E-state index is 10.7. The molecule has 98 valence electrons. The Hall–Kier alpha value is -1.17. The highest BCUT2D eigenvalue weighted by molar-refractivity contribution is 6.31. The predicted molar refractivity (Wildman–Crippen MR) is 68.8 cm³/mol. The largest absolute Gasteiger partial charge is 0.379 e. The molecule has 6 heteroatoms. The molecule has 1 fully saturated rings. The van der Waals surface area contributed by atoms with Gasteiger partial charge in [0, 0.05) is 35.8 Å². The van der Waals surface area contributed by atoms with Gasteiger partial charge in [0.15, 0.2) is 0 Å². The quantitative estimate of drug-likeness (QED) is 0.674. The SMILES string of the molecule is CC1(NCc2cc([N+](=O)[O-])ccc2Cl)CCOC1. The van der Waals surface area contributed by atoms with Crippen LogP contribution in [0, 0.1) is 10.1 Å². The van der Waals surface area contributed by atoms with E-state index < -0.39 is 4.92 Å². The van der Waals surface area contributed by atoms with E-state index in [1.807, 2.05) is 0 Å². The summed E-state index contributed by atoms with van der Waals surface area (Å²) in [6.07, 6.45) is 0.930. The van der Waals surface area contributed by atoms with Crippen LogP contribution in [0.4, 0.5) is 5.69 Å². The zero-order chi connectivity index (χ0) is 13.2. The molecular formula is C12H15ClN2O3. The number of benzene rings is 1. The van der Waals surface area contributed by atoms with Crippen LogP contribution >= 0.6 is 11.6 Å². The van der Waals surface area contributed by atoms with Gasteiger partial charge in [0.25, 0.3) is 5.69 Å². The van der Waals surface area contributed by atoms with Crippen molar-refractivity contribution in [1.29, 1.82) is 0 Å². The molecule has 0 aromatic heterocycles. The summed E-state index contributed by atoms with van der Waals surface area (Å²) in [5, 5.41) is 14.6. The second kappa shape index (κ2) is 5.22. The Morgan fingerprint density at radius 3 is 3.00 bits per heavy atom. The second-order valence-electron chi connectivity index (χ2n) is 4.75. The summed E-state index contributed by atoms with van der Waals surface area (Å²) in [7, 11) is 0. The fourth-order valence-corrected chi connectivity index (χ4v) is 2.11. The third-order valence-corrected chi connectivity index (χ3v) is 3.53. The van der Waals surface area contributed by atoms with E-state index >= 15 is 0 Å². The molecule has 1 N–H and O–H groups in total. The van der Waals surface area contributed by atoms with E-state index in [4.69, 9.17) is 16.3 Å². The molecule has 0 amide bonds. The van der Waals surface area contributed by atoms with Crippen molar-refractivity contribution in [2.24, 2.45) is 0 Å². The molecule has 1 atom stereocenters. The first-order valence-electron chi connectivity index (χ1n) is 5.76. The molecule has 1 aliphatic rings. The number of ether oxygens (including phenoxy) is 1. The number of hydrogen-bond acceptors (Lipinski definition) is 4. The van der Waals surface area contributed by atoms with Gasteiger partial charge in [-0.2, -0.15) is 0 Å². The van der Waals surface area contributed by atoms with Gasteiger partial charge in [0.2, 0.25) is 0 Å². The number of hydrogen-bond donors (Lipinski definition) is 1. The summed E-state index contributed by atoms with van der Waals surface area (Å²) < 4.78 is 5.34. The molecule has 2 rings (SSSR count). The van der Waals surface area contributed by atoms with E-state index in [2.05, 4.69) is 12.2 Å². The van der Waals surface area contributed by atoms with E-state index in [1.165, 1.54) is 12.1 Å². The first-order valence-corrected chi connectivity index (χ1v) is 6.14. The molecule has 0 radical (unpaired) electrons. The van der Waals surface area contributed by atoms with E-state index in [0.29, 0.717) is 18.2 Å². The molecule has 18 heavy (non-hydrogen) atoms. The highest BCUT2D eigenvalue weighted by Gasteiger charge is 2.29. The molecular weight excluding hydrogens is 256 g/mol. The zero-order valence-electron chi connectivity index (χ0n) is 10.1. The van der Waals surface area contributed by atoms with Crippen molar-refractivity contribution in [3.8, 4) is 0 Å². The second-order valence-corrected chi connectivity index (χ2v) is 5.16. The number of nitrogens with one attached hydrogen (secondary N) is 1. The van der Waals surface area contributed by atoms with Crippen molar-refractivity contribution in [3.05, 3.63) is 38.9 Å². The minimum absolute atomic E-state index is 0.0593. The van der Waals surface area contributed by atoms with Crippen molar-refractivity contribution in [2.45, 2.75) is 25.4 Å². The summed E-state index contributed by atoms with van der Waals surface area (Å²) >= 11 is 6.04. The molecule has 1 aromatic rings. The Labute approximate surface area is 110 Å². The van der Waals surface area contributed by atoms with Crippen molar-refractivity contribution in [1.82, 2.24) is 5.32 Å². The van der Waals surface area contributed by atoms with Crippen molar-refractivity contribution < 1.29 is 9.66 Å². The maximum absolute atomic E-state index is 10.7. The fraction of sp³-hybridized carbons (Fsp3) is 0.500. The Bertz CT molecular complexity index is 459. The molecule has 0 bridgehead atoms. The van der Waals surface area contributed by atoms with Crippen LogP contribution < -0.4 is 5.32 Å². The van der Waals surface area contributed by atoms with Crippen LogP contribution in [0.3, 0.4) is 0 Å². The van der Waals surface area contributed by atoms with Crippen molar-refractivity contribution >= 4 is 17.3 Å². The summed E-state index contributed by atoms with van der Waals surface area (Å²) in [6.45, 7) is 3.97. The van der Waals surface area contributed by atoms with E-state index in [9.17, 15) is 10.1 Å². The third-order valence-electron chi connectivity index (χ3n) is 3.16. The van der Waals surface area contributed by atoms with Crippen molar-refractivity contribution in [2.75, 3.05) is 13.2 Å². The smallest absolute Gasteiger partial charge is 0.269 e. The standard InChI is InChI=1S/C12H15ClN2O3/c1-12(4-5-18-8-12)14-7-9-6-10(15(16)17)2-3-11(9)13/h2-3,6,14H,4-5,7-8H2,1H3. The fourth-order valence-electron chi connectivity index (χ4n) is 1.93. The summed E-state index contributed by atoms with van der Waals surface area (Å²) in [5.74, 6) is 0. The molecule has 1 saturated heterocycles. The molecule has 1 aliphatic heterocycles. The van der Waals surface area contributed by atoms with Gasteiger partial charge in [0.1, 0.15) is 0 Å². The first-order chi connectivity index (χ1) is 8.50. The maximum Gasteiger partial charge on any atom is 0.269 e. The molecule has 5 nitrogen and oxygen atoms in total. The van der Waals surface area contributed by atoms with E-state index in [0.717, 1.165) is 18.6 Å². The van der Waals surface area contributed by atoms with Gasteiger partial charge in [-0.15, -0.1) is 0 Å². The highest BCUT2D eigenvalue weighted by Crippen LogP contribution is 2.24. The highest BCUT2D eigenvalue weighted by atomic mass is 35.5. The van der Waals surface area contributed by atoms with E-state index in [1.54, 1.807) is 6.07 Å². The molecule has 0 aliphatic carbocycles. The summed E-state index contributed by atoms with van der Waals surface area (Å²) in [5.41, 5.74) is 0.719. The van der Waals surface area contributed by atoms with Crippen LogP contribution in [0.1, 0.15) is 18.9 Å². The lowest BCUT2D eigenvalue weighted by atomic mass is 10.0. The minimum Gasteiger partial charge on any atom is -0.379 e. The number of non-ortho nitro benzene ring substituents is 1. The molecule has 1 heterocycles. The predicted octanol–water partition coefficient (Wildman–Crippen LogP) is 2.52. The van der Waals surface area contributed by atoms with Crippen LogP contribution in [0.15, 0.2) is 18.2 Å². The number of nitrogens with zero attached hydrogens (tertiary/aromatic N) is 1. The lowest BCUT2D eigenvalue weighted by Gasteiger charge is -2.23. The first kappa shape index (κ1) is 13.3. The Morgan fingerprint density at radius 1 is 1.61 bits per heavy atom. The Kier molecular flexibility index (Phi) is 3.85. The molecule has 1 aromatic carbocycles. The van der Waals surface area contributed by atoms with Crippen LogP contribution in [0.2, 0.25) is 5.02 Å². The van der Waals surface area contributed by atoms with Gasteiger partial charge in [-0.1, -0.05) is 11.6 Å². The Morgan fingerprint density at radius 2 is 2.39 bits per heavy atom. The van der Waals surface area contributed by atoms with Gasteiger partial charge in [0.05, 0.1) is 11.5 Å². The Balaban J connectivity index is 2.08. The van der Waals surface area contributed by atoms with Gasteiger partial charge < -0.3 is 10.1 Å². The lowest BCUT2D eigenvalue weighted by Crippen LogP contribution is -2.42. The van der Waals surface area contributed by atoms with Crippen LogP contribution in [0.25, 0.3) is 0 Å². The molecule has 0 spiro atoms. The van der Waals surface area contributed by atoms with Gasteiger partial charge in [-0.25, -0.2) is 0 Å². The van der Waals surface area contributed by atoms with Gasteiger partial charge >= 0.3 is 0 Å². The average Bonchev–Trinajstić information content (AvgIpc) is 2.75. The van der Waals surface area contributed by atoms with Gasteiger partial charge in [-0.3, -0.25) is 10.1 Å². The third kappa shape index (κ3) is 2.98. The number of nitro groups is 1. The average molecular weight is 271 g/mol. The van der Waals surface area contributed by atoms with Crippen LogP contribution in [0.5, 0.6) is 0 Å². The monoisotopic (exact) mass is 270 g/mol. The zero-order valence-corrected chi connectivity index (χ0v) is 10.9. The minimum atomic E-state index is -0.416. The number of nitro benzene ring substituents is 1. The number of halogens is 1. The summed E-state index contributed by atoms with van der Waals surface area (Å²) in [4.78, 5) is 10.3. The van der Waals surface area contributed by atoms with Gasteiger partial charge in [-0.05, 0) is 25.0 Å². The molecule has 0 saturated carbocycles. The van der Waals surface area contributed by atoms with Crippen LogP contribution in [-0.4, -0.2) is 23.7 Å². The topological polar surface area (TPSA) is 64.4 Å². The summed E-state index contributed by atoms with van der Waals surface area (Å²) in [6, 6.07) is 4.48. The molecule has 1 unspecified atom stereocenters. The normalized spacial score (nSPS) is 23.2.